The molecule has 0 fully saturated rings. The van der Waals surface area contributed by atoms with E-state index in [2.05, 4.69) is 56.2 Å². The standard InChI is InChI=1S/C19H33O5P.C18H31O5P/c1-4-5-6-7-8-9-10-11-18-12-14-19(15-13-18)23-16-17-24-25(20,21-2)22-3;1-3-4-5-6-7-8-9-10-17-11-13-18(14-12-17)22-15-16-23-24(19,20)21-2/h12-15H,4-11,16-17H2,1-3H3;11-14H,3-10,15-16H2,1-2H3,(H,19,20). The molecule has 0 saturated carbocycles. The second-order valence-electron chi connectivity index (χ2n) is 11.9. The van der Waals surface area contributed by atoms with E-state index in [1.165, 1.54) is 115 Å². The number of rotatable bonds is 29. The molecular formula is C37H64O10P2. The quantitative estimate of drug-likeness (QED) is 0.0640. The van der Waals surface area contributed by atoms with E-state index in [1.54, 1.807) is 0 Å². The van der Waals surface area contributed by atoms with Crippen LogP contribution in [-0.2, 0) is 44.6 Å². The molecule has 0 radical (unpaired) electrons. The van der Waals surface area contributed by atoms with Gasteiger partial charge in [0.2, 0.25) is 0 Å². The van der Waals surface area contributed by atoms with Crippen LogP contribution in [0.25, 0.3) is 0 Å². The van der Waals surface area contributed by atoms with Crippen molar-refractivity contribution < 1.29 is 46.1 Å². The molecule has 2 rings (SSSR count). The zero-order valence-corrected chi connectivity index (χ0v) is 32.6. The number of phosphoric acid groups is 2. The predicted molar refractivity (Wildman–Crippen MR) is 198 cm³/mol. The van der Waals surface area contributed by atoms with E-state index in [1.807, 2.05) is 24.3 Å². The number of hydrogen-bond donors (Lipinski definition) is 1. The lowest BCUT2D eigenvalue weighted by Gasteiger charge is -2.13. The van der Waals surface area contributed by atoms with Crippen LogP contribution in [0.1, 0.15) is 115 Å². The van der Waals surface area contributed by atoms with Crippen molar-refractivity contribution in [2.75, 3.05) is 47.8 Å². The third-order valence-electron chi connectivity index (χ3n) is 7.87. The first kappa shape index (κ1) is 45.3. The van der Waals surface area contributed by atoms with Crippen molar-refractivity contribution in [3.63, 3.8) is 0 Å². The van der Waals surface area contributed by atoms with E-state index < -0.39 is 15.6 Å². The molecule has 49 heavy (non-hydrogen) atoms. The Hall–Kier alpha value is -1.74. The highest BCUT2D eigenvalue weighted by Crippen LogP contribution is 2.47. The van der Waals surface area contributed by atoms with Crippen LogP contribution in [0.3, 0.4) is 0 Å². The van der Waals surface area contributed by atoms with Gasteiger partial charge in [0.25, 0.3) is 0 Å². The zero-order valence-electron chi connectivity index (χ0n) is 30.8. The lowest BCUT2D eigenvalue weighted by atomic mass is 10.0. The monoisotopic (exact) mass is 730 g/mol. The van der Waals surface area contributed by atoms with Crippen molar-refractivity contribution >= 4 is 15.6 Å². The van der Waals surface area contributed by atoms with Gasteiger partial charge in [0.05, 0.1) is 13.2 Å². The van der Waals surface area contributed by atoms with Crippen LogP contribution in [0, 0.1) is 0 Å². The molecule has 0 heterocycles. The molecule has 0 aromatic heterocycles. The molecule has 0 aliphatic heterocycles. The van der Waals surface area contributed by atoms with E-state index in [4.69, 9.17) is 18.9 Å². The van der Waals surface area contributed by atoms with Gasteiger partial charge in [0, 0.05) is 21.3 Å². The van der Waals surface area contributed by atoms with Gasteiger partial charge in [0.15, 0.2) is 0 Å². The van der Waals surface area contributed by atoms with Gasteiger partial charge in [-0.2, -0.15) is 0 Å². The van der Waals surface area contributed by atoms with Crippen LogP contribution in [0.15, 0.2) is 48.5 Å². The second kappa shape index (κ2) is 28.9. The summed E-state index contributed by atoms with van der Waals surface area (Å²) < 4.78 is 57.2. The molecule has 10 nitrogen and oxygen atoms in total. The van der Waals surface area contributed by atoms with Gasteiger partial charge in [-0.1, -0.05) is 115 Å². The molecule has 0 spiro atoms. The normalized spacial score (nSPS) is 12.6. The highest BCUT2D eigenvalue weighted by atomic mass is 31.2. The van der Waals surface area contributed by atoms with Crippen molar-refractivity contribution in [3.05, 3.63) is 59.7 Å². The summed E-state index contributed by atoms with van der Waals surface area (Å²) in [5.41, 5.74) is 2.65. The van der Waals surface area contributed by atoms with Gasteiger partial charge in [-0.25, -0.2) is 9.13 Å². The fourth-order valence-corrected chi connectivity index (χ4v) is 6.00. The Bertz CT molecular complexity index is 1140. The fourth-order valence-electron chi connectivity index (χ4n) is 4.93. The first-order valence-corrected chi connectivity index (χ1v) is 21.0. The molecule has 12 heteroatoms. The van der Waals surface area contributed by atoms with Crippen LogP contribution in [-0.4, -0.2) is 52.7 Å². The molecule has 0 aliphatic rings. The average Bonchev–Trinajstić information content (AvgIpc) is 3.12. The summed E-state index contributed by atoms with van der Waals surface area (Å²) in [6.45, 7) is 5.11. The molecule has 282 valence electrons. The van der Waals surface area contributed by atoms with Gasteiger partial charge in [0.1, 0.15) is 24.7 Å². The highest BCUT2D eigenvalue weighted by molar-refractivity contribution is 7.48. The molecule has 0 amide bonds. The van der Waals surface area contributed by atoms with Gasteiger partial charge < -0.3 is 14.4 Å². The summed E-state index contributed by atoms with van der Waals surface area (Å²) >= 11 is 0. The summed E-state index contributed by atoms with van der Waals surface area (Å²) in [6, 6.07) is 16.1. The Balaban J connectivity index is 0.000000490. The zero-order chi connectivity index (χ0) is 36.1. The van der Waals surface area contributed by atoms with Crippen LogP contribution < -0.4 is 9.47 Å². The Morgan fingerprint density at radius 2 is 0.857 bits per heavy atom. The van der Waals surface area contributed by atoms with Gasteiger partial charge in [-0.05, 0) is 61.1 Å². The molecule has 1 unspecified atom stereocenters. The SMILES string of the molecule is CCCCCCCCCc1ccc(OCCOP(=O)(O)OC)cc1.CCCCCCCCCc1ccc(OCCOP(=O)(OC)OC)cc1. The molecular weight excluding hydrogens is 666 g/mol. The maximum absolute atomic E-state index is 11.7. The maximum atomic E-state index is 11.7. The smallest absolute Gasteiger partial charge is 0.474 e. The third-order valence-corrected chi connectivity index (χ3v) is 10.2. The minimum Gasteiger partial charge on any atom is -0.491 e. The molecule has 0 saturated heterocycles. The van der Waals surface area contributed by atoms with Crippen LogP contribution >= 0.6 is 15.6 Å². The summed E-state index contributed by atoms with van der Waals surface area (Å²) in [4.78, 5) is 9.08. The number of ether oxygens (including phenoxy) is 2. The molecule has 0 aliphatic carbocycles. The van der Waals surface area contributed by atoms with Gasteiger partial charge in [-0.15, -0.1) is 0 Å². The van der Waals surface area contributed by atoms with E-state index >= 15 is 0 Å². The maximum Gasteiger partial charge on any atom is 0.474 e. The molecule has 2 aromatic rings. The Morgan fingerprint density at radius 3 is 1.22 bits per heavy atom. The van der Waals surface area contributed by atoms with E-state index in [0.29, 0.717) is 0 Å². The predicted octanol–water partition coefficient (Wildman–Crippen LogP) is 10.9. The molecule has 0 bridgehead atoms. The van der Waals surface area contributed by atoms with Gasteiger partial charge in [-0.3, -0.25) is 22.6 Å². The Kier molecular flexibility index (Phi) is 26.7. The summed E-state index contributed by atoms with van der Waals surface area (Å²) in [5.74, 6) is 1.50. The average molecular weight is 731 g/mol. The molecule has 2 aromatic carbocycles. The van der Waals surface area contributed by atoms with Gasteiger partial charge >= 0.3 is 15.6 Å². The van der Waals surface area contributed by atoms with Crippen LogP contribution in [0.2, 0.25) is 0 Å². The number of hydrogen-bond acceptors (Lipinski definition) is 9. The number of unbranched alkanes of at least 4 members (excludes halogenated alkanes) is 12. The van der Waals surface area contributed by atoms with Crippen molar-refractivity contribution in [1.82, 2.24) is 0 Å². The molecule has 1 atom stereocenters. The number of aryl methyl sites for hydroxylation is 2. The second-order valence-corrected chi connectivity index (χ2v) is 15.3. The third kappa shape index (κ3) is 24.1. The van der Waals surface area contributed by atoms with Crippen molar-refractivity contribution in [3.8, 4) is 11.5 Å². The summed E-state index contributed by atoms with van der Waals surface area (Å²) in [5, 5.41) is 0. The summed E-state index contributed by atoms with van der Waals surface area (Å²) in [7, 11) is -3.62. The van der Waals surface area contributed by atoms with Crippen LogP contribution in [0.5, 0.6) is 11.5 Å². The first-order valence-electron chi connectivity index (χ1n) is 18.0. The minimum absolute atomic E-state index is 0.00139. The van der Waals surface area contributed by atoms with E-state index in [9.17, 15) is 9.13 Å². The lowest BCUT2D eigenvalue weighted by Crippen LogP contribution is -2.06. The van der Waals surface area contributed by atoms with Crippen LogP contribution in [0.4, 0.5) is 0 Å². The molecule has 1 N–H and O–H groups in total. The van der Waals surface area contributed by atoms with Crippen molar-refractivity contribution in [1.29, 1.82) is 0 Å². The summed E-state index contributed by atoms with van der Waals surface area (Å²) in [6.07, 6.45) is 20.7. The number of benzene rings is 2. The number of phosphoric ester groups is 2. The minimum atomic E-state index is -3.91. The fraction of sp³-hybridized carbons (Fsp3) is 0.676. The Morgan fingerprint density at radius 1 is 0.490 bits per heavy atom. The Labute approximate surface area is 296 Å². The van der Waals surface area contributed by atoms with Crippen molar-refractivity contribution in [2.24, 2.45) is 0 Å². The lowest BCUT2D eigenvalue weighted by molar-refractivity contribution is 0.130. The van der Waals surface area contributed by atoms with Crippen molar-refractivity contribution in [2.45, 2.75) is 117 Å². The van der Waals surface area contributed by atoms with E-state index in [-0.39, 0.29) is 26.4 Å². The highest BCUT2D eigenvalue weighted by Gasteiger charge is 2.22. The van der Waals surface area contributed by atoms with E-state index in [0.717, 1.165) is 31.5 Å². The first-order chi connectivity index (χ1) is 23.7. The largest absolute Gasteiger partial charge is 0.491 e. The topological polar surface area (TPSA) is 119 Å².